The highest BCUT2D eigenvalue weighted by Crippen LogP contribution is 2.36. The first-order chi connectivity index (χ1) is 14.0. The highest BCUT2D eigenvalue weighted by Gasteiger charge is 2.26. The molecule has 1 N–H and O–H groups in total. The third-order valence-electron chi connectivity index (χ3n) is 5.28. The quantitative estimate of drug-likeness (QED) is 0.493. The average molecular weight is 409 g/mol. The van der Waals surface area contributed by atoms with E-state index in [-0.39, 0.29) is 12.5 Å². The second-order valence-corrected chi connectivity index (χ2v) is 7.70. The van der Waals surface area contributed by atoms with Crippen molar-refractivity contribution >= 4 is 28.5 Å². The number of carbonyl (C=O) groups is 1. The fourth-order valence-electron chi connectivity index (χ4n) is 4.09. The number of nitrogens with zero attached hydrogens (tertiary/aromatic N) is 4. The molecule has 1 unspecified atom stereocenters. The lowest BCUT2D eigenvalue weighted by Crippen LogP contribution is -2.09. The number of pyridine rings is 1. The fourth-order valence-corrected chi connectivity index (χ4v) is 4.34. The molecule has 1 atom stereocenters. The molecule has 0 spiro atoms. The zero-order chi connectivity index (χ0) is 20.1. The van der Waals surface area contributed by atoms with Crippen LogP contribution >= 0.6 is 11.6 Å². The van der Waals surface area contributed by atoms with Gasteiger partial charge in [-0.15, -0.1) is 0 Å². The number of aryl methyl sites for hydroxylation is 2. The van der Waals surface area contributed by atoms with E-state index < -0.39 is 5.97 Å². The Bertz CT molecular complexity index is 1240. The van der Waals surface area contributed by atoms with E-state index in [0.29, 0.717) is 22.4 Å². The Morgan fingerprint density at radius 3 is 2.90 bits per heavy atom. The maximum Gasteiger partial charge on any atom is 0.305 e. The van der Waals surface area contributed by atoms with Crippen LogP contribution in [-0.4, -0.2) is 30.8 Å². The Morgan fingerprint density at radius 1 is 1.24 bits per heavy atom. The second-order valence-electron chi connectivity index (χ2n) is 7.31. The van der Waals surface area contributed by atoms with Crippen LogP contribution in [0.25, 0.3) is 33.7 Å². The molecule has 29 heavy (non-hydrogen) atoms. The minimum Gasteiger partial charge on any atom is -0.481 e. The van der Waals surface area contributed by atoms with E-state index in [1.807, 2.05) is 31.2 Å². The first kappa shape index (κ1) is 17.9. The number of fused-ring (bicyclic) bond motifs is 3. The van der Waals surface area contributed by atoms with Gasteiger partial charge in [0.25, 0.3) is 5.89 Å². The van der Waals surface area contributed by atoms with Crippen molar-refractivity contribution in [2.24, 2.45) is 0 Å². The van der Waals surface area contributed by atoms with Gasteiger partial charge in [-0.25, -0.2) is 4.98 Å². The monoisotopic (exact) mass is 408 g/mol. The largest absolute Gasteiger partial charge is 0.481 e. The maximum absolute atomic E-state index is 11.2. The van der Waals surface area contributed by atoms with Gasteiger partial charge in [-0.1, -0.05) is 28.9 Å². The van der Waals surface area contributed by atoms with Gasteiger partial charge in [0.2, 0.25) is 5.82 Å². The summed E-state index contributed by atoms with van der Waals surface area (Å²) < 4.78 is 7.58. The second kappa shape index (κ2) is 6.70. The summed E-state index contributed by atoms with van der Waals surface area (Å²) in [5.74, 6) is 0.0578. The van der Waals surface area contributed by atoms with Gasteiger partial charge in [-0.2, -0.15) is 4.98 Å². The molecule has 1 aliphatic heterocycles. The summed E-state index contributed by atoms with van der Waals surface area (Å²) in [6.07, 6.45) is 1.85. The van der Waals surface area contributed by atoms with Crippen molar-refractivity contribution in [3.8, 4) is 22.8 Å². The summed E-state index contributed by atoms with van der Waals surface area (Å²) in [7, 11) is 0. The number of hydrogen-bond acceptors (Lipinski definition) is 5. The topological polar surface area (TPSA) is 94.0 Å². The lowest BCUT2D eigenvalue weighted by atomic mass is 10.1. The van der Waals surface area contributed by atoms with E-state index >= 15 is 0 Å². The molecule has 0 bridgehead atoms. The Kier molecular flexibility index (Phi) is 4.13. The Morgan fingerprint density at radius 2 is 2.10 bits per heavy atom. The van der Waals surface area contributed by atoms with Gasteiger partial charge in [0.15, 0.2) is 0 Å². The number of aliphatic carboxylic acids is 1. The van der Waals surface area contributed by atoms with E-state index in [4.69, 9.17) is 16.1 Å². The van der Waals surface area contributed by atoms with Crippen LogP contribution in [0.1, 0.15) is 30.3 Å². The van der Waals surface area contributed by atoms with Crippen LogP contribution in [0.5, 0.6) is 0 Å². The first-order valence-electron chi connectivity index (χ1n) is 9.32. The molecule has 1 aliphatic rings. The average Bonchev–Trinajstić information content (AvgIpc) is 3.36. The van der Waals surface area contributed by atoms with Crippen LogP contribution in [0.15, 0.2) is 40.9 Å². The molecule has 0 radical (unpaired) electrons. The van der Waals surface area contributed by atoms with Crippen molar-refractivity contribution < 1.29 is 14.4 Å². The van der Waals surface area contributed by atoms with Crippen molar-refractivity contribution in [3.05, 3.63) is 52.9 Å². The molecule has 4 heterocycles. The number of benzene rings is 1. The Labute approximate surface area is 170 Å². The van der Waals surface area contributed by atoms with Gasteiger partial charge in [0, 0.05) is 34.1 Å². The summed E-state index contributed by atoms with van der Waals surface area (Å²) in [5, 5.41) is 14.8. The summed E-state index contributed by atoms with van der Waals surface area (Å²) in [4.78, 5) is 19.9. The van der Waals surface area contributed by atoms with Gasteiger partial charge in [0.05, 0.1) is 6.42 Å². The summed E-state index contributed by atoms with van der Waals surface area (Å²) in [6, 6.07) is 11.6. The molecule has 0 amide bonds. The van der Waals surface area contributed by atoms with Crippen molar-refractivity contribution in [1.82, 2.24) is 19.7 Å². The molecular formula is C21H17ClN4O3. The van der Waals surface area contributed by atoms with Gasteiger partial charge in [0.1, 0.15) is 5.15 Å². The molecule has 0 fully saturated rings. The first-order valence-corrected chi connectivity index (χ1v) is 9.70. The van der Waals surface area contributed by atoms with Crippen LogP contribution in [0.4, 0.5) is 0 Å². The smallest absolute Gasteiger partial charge is 0.305 e. The summed E-state index contributed by atoms with van der Waals surface area (Å²) >= 11 is 6.03. The minimum absolute atomic E-state index is 0.0296. The standard InChI is InChI=1S/C21H17ClN4O3/c1-11-6-14(9-18(22)23-11)21-24-20(25-29-21)13-3-2-12-7-15-4-5-16(10-19(27)28)26(15)17(12)8-13/h2-3,6-9,16H,4-5,10H2,1H3,(H,27,28). The number of hydrogen-bond donors (Lipinski definition) is 1. The van der Waals surface area contributed by atoms with Crippen LogP contribution in [-0.2, 0) is 11.2 Å². The number of halogens is 1. The third kappa shape index (κ3) is 3.17. The lowest BCUT2D eigenvalue weighted by Gasteiger charge is -2.13. The van der Waals surface area contributed by atoms with Gasteiger partial charge >= 0.3 is 5.97 Å². The van der Waals surface area contributed by atoms with E-state index in [1.165, 1.54) is 5.69 Å². The Hall–Kier alpha value is -3.19. The normalized spacial score (nSPS) is 15.7. The van der Waals surface area contributed by atoms with Crippen molar-refractivity contribution in [1.29, 1.82) is 0 Å². The van der Waals surface area contributed by atoms with Gasteiger partial charge < -0.3 is 14.2 Å². The van der Waals surface area contributed by atoms with E-state index in [1.54, 1.807) is 6.07 Å². The summed E-state index contributed by atoms with van der Waals surface area (Å²) in [5.41, 5.74) is 4.45. The van der Waals surface area contributed by atoms with Crippen molar-refractivity contribution in [2.75, 3.05) is 0 Å². The summed E-state index contributed by atoms with van der Waals surface area (Å²) in [6.45, 7) is 1.85. The molecule has 8 heteroatoms. The number of carboxylic acids is 1. The zero-order valence-corrected chi connectivity index (χ0v) is 16.3. The Balaban J connectivity index is 1.55. The lowest BCUT2D eigenvalue weighted by molar-refractivity contribution is -0.137. The molecule has 0 saturated carbocycles. The van der Waals surface area contributed by atoms with Crippen LogP contribution in [0.2, 0.25) is 5.15 Å². The van der Waals surface area contributed by atoms with Gasteiger partial charge in [-0.3, -0.25) is 4.79 Å². The van der Waals surface area contributed by atoms with Crippen molar-refractivity contribution in [3.63, 3.8) is 0 Å². The molecule has 4 aromatic rings. The molecule has 0 saturated heterocycles. The number of aromatic nitrogens is 4. The van der Waals surface area contributed by atoms with Gasteiger partial charge in [-0.05, 0) is 49.4 Å². The fraction of sp³-hybridized carbons (Fsp3) is 0.238. The number of carboxylic acid groups (broad SMARTS) is 1. The molecule has 5 rings (SSSR count). The van der Waals surface area contributed by atoms with Crippen LogP contribution in [0.3, 0.4) is 0 Å². The molecule has 0 aliphatic carbocycles. The predicted molar refractivity (Wildman–Crippen MR) is 108 cm³/mol. The van der Waals surface area contributed by atoms with Crippen LogP contribution in [0, 0.1) is 6.92 Å². The maximum atomic E-state index is 11.2. The number of rotatable bonds is 4. The zero-order valence-electron chi connectivity index (χ0n) is 15.6. The highest BCUT2D eigenvalue weighted by atomic mass is 35.5. The molecule has 1 aromatic carbocycles. The third-order valence-corrected chi connectivity index (χ3v) is 5.48. The SMILES string of the molecule is Cc1cc(-c2nc(-c3ccc4cc5n(c4c3)C(CC(=O)O)CC5)no2)cc(Cl)n1. The highest BCUT2D eigenvalue weighted by molar-refractivity contribution is 6.29. The van der Waals surface area contributed by atoms with Crippen molar-refractivity contribution in [2.45, 2.75) is 32.2 Å². The molecular weight excluding hydrogens is 392 g/mol. The predicted octanol–water partition coefficient (Wildman–Crippen LogP) is 4.68. The van der Waals surface area contributed by atoms with E-state index in [0.717, 1.165) is 35.0 Å². The van der Waals surface area contributed by atoms with E-state index in [2.05, 4.69) is 25.8 Å². The molecule has 146 valence electrons. The molecule has 3 aromatic heterocycles. The van der Waals surface area contributed by atoms with Crippen LogP contribution < -0.4 is 0 Å². The minimum atomic E-state index is -0.782. The molecule has 7 nitrogen and oxygen atoms in total. The van der Waals surface area contributed by atoms with E-state index in [9.17, 15) is 9.90 Å².